The molecule has 3 aromatic rings. The molecule has 0 radical (unpaired) electrons. The number of hydrogen-bond acceptors (Lipinski definition) is 17. The number of phenols is 2. The fraction of sp³-hybridized carbons (Fsp3) is 0.528. The number of ketones is 1. The van der Waals surface area contributed by atoms with Gasteiger partial charge in [0.15, 0.2) is 17.2 Å². The van der Waals surface area contributed by atoms with Crippen molar-refractivity contribution in [1.82, 2.24) is 4.90 Å². The van der Waals surface area contributed by atoms with Crippen molar-refractivity contribution < 1.29 is 62.7 Å². The van der Waals surface area contributed by atoms with E-state index in [1.807, 2.05) is 40.7 Å². The van der Waals surface area contributed by atoms with E-state index >= 15 is 0 Å². The highest BCUT2D eigenvalue weighted by Crippen LogP contribution is 2.67. The van der Waals surface area contributed by atoms with Gasteiger partial charge in [-0.05, 0) is 44.9 Å². The molecule has 7 heterocycles. The largest absolute Gasteiger partial charge is 0.514 e. The van der Waals surface area contributed by atoms with Gasteiger partial charge in [-0.15, -0.1) is 0 Å². The van der Waals surface area contributed by atoms with Gasteiger partial charge in [0, 0.05) is 98.8 Å². The molecule has 384 valence electrons. The number of methoxy groups -OCH3 is 1. The molecular weight excluding hydrogens is 931 g/mol. The number of hydrogen-bond donors (Lipinski definition) is 3. The van der Waals surface area contributed by atoms with E-state index in [4.69, 9.17) is 43.1 Å². The number of likely N-dealkylation sites (tertiary alicyclic amines) is 1. The molecule has 1 unspecified atom stereocenters. The maximum Gasteiger partial charge on any atom is 0.514 e. The SMILES string of the molecule is CO[C@H]1/C=C/O[C@@]2(C)Oc3c(C)c(O)c4c(O)c(c5c(c4c3C2=O)=NC2(CCN(CC(C)C)CC2)N=5)NC(=O)/C(C)=C\C=C\[C@H](C)[C@@H]2OC3(C)O[C@]3([C@@H]2C)[C@@H](C)[C@H](OC(=O)Oc2ccc([N+](=O)[O-])cc2)[C@@H]1C. The number of non-ortho nitro benzene ring substituents is 1. The Hall–Kier alpha value is -6.41. The summed E-state index contributed by atoms with van der Waals surface area (Å²) >= 11 is 0. The molecule has 3 saturated heterocycles. The quantitative estimate of drug-likeness (QED) is 0.0542. The van der Waals surface area contributed by atoms with Crippen molar-refractivity contribution >= 4 is 40.0 Å². The average Bonchev–Trinajstić information content (AvgIpc) is 3.51. The zero-order valence-corrected chi connectivity index (χ0v) is 42.4. The first kappa shape index (κ1) is 50.5. The molecule has 19 heteroatoms. The zero-order chi connectivity index (χ0) is 52.0. The van der Waals surface area contributed by atoms with Gasteiger partial charge < -0.3 is 53.6 Å². The molecule has 19 nitrogen and oxygen atoms in total. The predicted molar refractivity (Wildman–Crippen MR) is 261 cm³/mol. The number of anilines is 1. The topological polar surface area (TPSA) is 243 Å². The van der Waals surface area contributed by atoms with Gasteiger partial charge in [0.25, 0.3) is 17.4 Å². The Labute approximate surface area is 416 Å². The molecule has 0 saturated carbocycles. The summed E-state index contributed by atoms with van der Waals surface area (Å²) in [5.41, 5.74) is -1.73. The lowest BCUT2D eigenvalue weighted by atomic mass is 9.72. The normalized spacial score (nSPS) is 33.4. The number of phenolic OH excluding ortho intramolecular Hbond substituents is 2. The third kappa shape index (κ3) is 8.27. The van der Waals surface area contributed by atoms with E-state index in [-0.39, 0.29) is 84.8 Å². The van der Waals surface area contributed by atoms with Crippen LogP contribution in [0.25, 0.3) is 10.8 Å². The number of rotatable bonds is 6. The van der Waals surface area contributed by atoms with Crippen molar-refractivity contribution in [3.05, 3.63) is 92.4 Å². The van der Waals surface area contributed by atoms with Gasteiger partial charge in [0.05, 0.1) is 39.7 Å². The summed E-state index contributed by atoms with van der Waals surface area (Å²) in [5, 5.41) is 38.8. The summed E-state index contributed by atoms with van der Waals surface area (Å²) in [5.74, 6) is -6.36. The van der Waals surface area contributed by atoms with Crippen LogP contribution in [0.4, 0.5) is 16.2 Å². The molecule has 7 aliphatic rings. The van der Waals surface area contributed by atoms with E-state index in [9.17, 15) is 34.7 Å². The lowest BCUT2D eigenvalue weighted by Crippen LogP contribution is -2.48. The van der Waals surface area contributed by atoms with Crippen molar-refractivity contribution in [2.24, 2.45) is 39.6 Å². The number of fused-ring (bicyclic) bond motifs is 9. The molecule has 0 aromatic heterocycles. The van der Waals surface area contributed by atoms with E-state index in [0.717, 1.165) is 6.54 Å². The molecule has 1 amide bonds. The van der Waals surface area contributed by atoms with Crippen LogP contribution in [0.5, 0.6) is 23.0 Å². The Morgan fingerprint density at radius 1 is 0.986 bits per heavy atom. The van der Waals surface area contributed by atoms with Gasteiger partial charge in [-0.2, -0.15) is 0 Å². The highest BCUT2D eigenvalue weighted by atomic mass is 16.8. The summed E-state index contributed by atoms with van der Waals surface area (Å²) < 4.78 is 43.5. The number of carbonyl (C=O) groups excluding carboxylic acids is 3. The van der Waals surface area contributed by atoms with Gasteiger partial charge in [-0.3, -0.25) is 29.7 Å². The minimum absolute atomic E-state index is 0.0158. The summed E-state index contributed by atoms with van der Waals surface area (Å²) in [7, 11) is 1.47. The first-order valence-corrected chi connectivity index (χ1v) is 24.5. The number of nitro benzene ring substituents is 1. The second-order valence-electron chi connectivity index (χ2n) is 20.9. The molecular formula is C53H63N5O14. The Bertz CT molecular complexity index is 2980. The summed E-state index contributed by atoms with van der Waals surface area (Å²) in [6.45, 7) is 20.8. The standard InChI is InChI=1S/C53H63N5O14/c1-26(2)25-57-22-20-52(21-23-57)55-39-36-37-42(59)30(6)46-38(36)47(61)50(9,70-46)67-24-19-35(66-11)29(5)45(69-49(63)68-34-17-15-33(16-18-34)58(64)65)32(8)53-31(7)44(71-51(53,10)72-53)27(3)13-12-14-28(4)48(62)54-41(43(37)60)40(39)56-52/h12-19,24,26-27,29,31-32,35,44-45,59-60H,20-23,25H2,1-11H3,(H,54,62)/b13-12+,24-19+,28-14-/t27-,29+,31+,32-,35-,44-,45+,50-,51?,53+/m0/s1. The summed E-state index contributed by atoms with van der Waals surface area (Å²) in [6.07, 6.45) is 5.95. The number of epoxide rings is 1. The van der Waals surface area contributed by atoms with Crippen molar-refractivity contribution in [2.75, 3.05) is 32.1 Å². The van der Waals surface area contributed by atoms with Crippen LogP contribution in [0.1, 0.15) is 91.1 Å². The van der Waals surface area contributed by atoms with Crippen molar-refractivity contribution in [3.8, 4) is 23.0 Å². The number of ether oxygens (including phenoxy) is 7. The smallest absolute Gasteiger partial charge is 0.507 e. The van der Waals surface area contributed by atoms with Crippen molar-refractivity contribution in [2.45, 2.75) is 123 Å². The second-order valence-corrected chi connectivity index (χ2v) is 20.9. The first-order chi connectivity index (χ1) is 34.0. The van der Waals surface area contributed by atoms with Gasteiger partial charge in [-0.1, -0.05) is 59.8 Å². The monoisotopic (exact) mass is 993 g/mol. The van der Waals surface area contributed by atoms with Crippen LogP contribution in [0, 0.1) is 46.6 Å². The number of Topliss-reactive ketones (excluding diaryl/α,β-unsaturated/α-hetero) is 1. The minimum atomic E-state index is -2.01. The number of nitro groups is 1. The molecule has 3 aromatic carbocycles. The minimum Gasteiger partial charge on any atom is -0.507 e. The molecule has 10 rings (SSSR count). The first-order valence-electron chi connectivity index (χ1n) is 24.5. The number of allylic oxidation sites excluding steroid dienone is 2. The van der Waals surface area contributed by atoms with Crippen molar-refractivity contribution in [3.63, 3.8) is 0 Å². The van der Waals surface area contributed by atoms with Gasteiger partial charge in [-0.25, -0.2) is 4.79 Å². The summed E-state index contributed by atoms with van der Waals surface area (Å²) in [6, 6.07) is 5.01. The molecule has 3 fully saturated rings. The average molecular weight is 994 g/mol. The number of benzene rings is 3. The van der Waals surface area contributed by atoms with Gasteiger partial charge in [0.1, 0.15) is 40.0 Å². The third-order valence-corrected chi connectivity index (χ3v) is 15.6. The lowest BCUT2D eigenvalue weighted by molar-refractivity contribution is -0.384. The second kappa shape index (κ2) is 18.3. The Morgan fingerprint density at radius 2 is 1.67 bits per heavy atom. The molecule has 2 spiro atoms. The zero-order valence-electron chi connectivity index (χ0n) is 42.4. The molecule has 7 bridgehead atoms. The Morgan fingerprint density at radius 3 is 2.32 bits per heavy atom. The lowest BCUT2D eigenvalue weighted by Gasteiger charge is -2.36. The number of aromatic hydroxyl groups is 2. The number of amides is 1. The number of piperidine rings is 1. The Balaban J connectivity index is 1.14. The third-order valence-electron chi connectivity index (χ3n) is 15.6. The van der Waals surface area contributed by atoms with Crippen LogP contribution in [-0.4, -0.2) is 106 Å². The van der Waals surface area contributed by atoms with Crippen LogP contribution in [-0.2, 0) is 28.5 Å². The van der Waals surface area contributed by atoms with E-state index in [1.165, 1.54) is 44.6 Å². The van der Waals surface area contributed by atoms with Gasteiger partial charge in [0.2, 0.25) is 0 Å². The molecule has 3 N–H and O–H groups in total. The maximum absolute atomic E-state index is 15.0. The molecule has 10 atom stereocenters. The fourth-order valence-corrected chi connectivity index (χ4v) is 11.7. The molecule has 7 aliphatic heterocycles. The molecule has 72 heavy (non-hydrogen) atoms. The van der Waals surface area contributed by atoms with E-state index in [1.54, 1.807) is 32.1 Å². The highest BCUT2D eigenvalue weighted by molar-refractivity contribution is 6.19. The molecule has 0 aliphatic carbocycles. The fourth-order valence-electron chi connectivity index (χ4n) is 11.7. The van der Waals surface area contributed by atoms with Crippen LogP contribution >= 0.6 is 0 Å². The number of nitrogens with one attached hydrogen (secondary N) is 1. The number of nitrogens with zero attached hydrogens (tertiary/aromatic N) is 4. The van der Waals surface area contributed by atoms with Gasteiger partial charge >= 0.3 is 11.9 Å². The maximum atomic E-state index is 15.0. The van der Waals surface area contributed by atoms with Crippen LogP contribution in [0.2, 0.25) is 0 Å². The van der Waals surface area contributed by atoms with Crippen LogP contribution in [0.15, 0.2) is 70.4 Å². The summed E-state index contributed by atoms with van der Waals surface area (Å²) in [4.78, 5) is 66.3. The van der Waals surface area contributed by atoms with E-state index < -0.39 is 75.4 Å². The van der Waals surface area contributed by atoms with Crippen LogP contribution < -0.4 is 25.5 Å². The number of carbonyl (C=O) groups is 3. The highest BCUT2D eigenvalue weighted by Gasteiger charge is 2.81. The Kier molecular flexibility index (Phi) is 12.8. The van der Waals surface area contributed by atoms with E-state index in [2.05, 4.69) is 24.1 Å². The van der Waals surface area contributed by atoms with Crippen LogP contribution in [0.3, 0.4) is 0 Å². The predicted octanol–water partition coefficient (Wildman–Crippen LogP) is 7.47. The van der Waals surface area contributed by atoms with E-state index in [0.29, 0.717) is 31.8 Å². The van der Waals surface area contributed by atoms with Crippen molar-refractivity contribution in [1.29, 1.82) is 0 Å².